The molecular formula is C21H16N4O3. The van der Waals surface area contributed by atoms with Crippen molar-refractivity contribution in [2.24, 2.45) is 0 Å². The Kier molecular flexibility index (Phi) is 4.33. The maximum Gasteiger partial charge on any atom is 0.270 e. The third-order valence-electron chi connectivity index (χ3n) is 4.53. The zero-order valence-corrected chi connectivity index (χ0v) is 15.0. The number of non-ortho nitro benzene ring substituents is 1. The van der Waals surface area contributed by atoms with Crippen molar-refractivity contribution >= 4 is 39.1 Å². The molecule has 0 radical (unpaired) electrons. The monoisotopic (exact) mass is 372 g/mol. The van der Waals surface area contributed by atoms with E-state index in [2.05, 4.69) is 10.9 Å². The van der Waals surface area contributed by atoms with Gasteiger partial charge in [-0.05, 0) is 24.6 Å². The van der Waals surface area contributed by atoms with Gasteiger partial charge in [-0.25, -0.2) is 4.98 Å². The minimum atomic E-state index is -0.531. The Hall–Kier alpha value is -4.00. The van der Waals surface area contributed by atoms with Crippen LogP contribution in [0.1, 0.15) is 15.9 Å². The first-order chi connectivity index (χ1) is 13.5. The number of nitro benzene ring substituents is 1. The number of carbonyl (C=O) groups is 1. The van der Waals surface area contributed by atoms with E-state index < -0.39 is 10.8 Å². The van der Waals surface area contributed by atoms with Gasteiger partial charge in [-0.2, -0.15) is 0 Å². The zero-order chi connectivity index (χ0) is 19.7. The fourth-order valence-electron chi connectivity index (χ4n) is 3.14. The van der Waals surface area contributed by atoms with E-state index in [1.54, 1.807) is 0 Å². The largest absolute Gasteiger partial charge is 0.297 e. The van der Waals surface area contributed by atoms with Gasteiger partial charge >= 0.3 is 0 Å². The van der Waals surface area contributed by atoms with E-state index in [1.165, 1.54) is 24.3 Å². The number of nitro groups is 1. The standard InChI is InChI=1S/C21H16N4O3/c1-13-6-4-10-17-19(13)22-18-11-3-2-9-16(18)20(17)23-24-21(26)14-7-5-8-15(12-14)25(27)28/h2-12H,1H3,(H,22,23)(H,24,26). The molecule has 0 aliphatic heterocycles. The van der Waals surface area contributed by atoms with E-state index in [0.717, 1.165) is 33.1 Å². The normalized spacial score (nSPS) is 10.8. The number of carbonyl (C=O) groups excluding carboxylic acids is 1. The Morgan fingerprint density at radius 3 is 2.57 bits per heavy atom. The van der Waals surface area contributed by atoms with E-state index in [9.17, 15) is 14.9 Å². The highest BCUT2D eigenvalue weighted by Crippen LogP contribution is 2.31. The fourth-order valence-corrected chi connectivity index (χ4v) is 3.14. The molecule has 7 nitrogen and oxygen atoms in total. The maximum absolute atomic E-state index is 12.5. The van der Waals surface area contributed by atoms with Crippen LogP contribution in [-0.2, 0) is 0 Å². The molecule has 1 amide bonds. The lowest BCUT2D eigenvalue weighted by Crippen LogP contribution is -2.29. The molecule has 4 aromatic rings. The molecule has 0 fully saturated rings. The summed E-state index contributed by atoms with van der Waals surface area (Å²) in [4.78, 5) is 27.6. The van der Waals surface area contributed by atoms with Crippen LogP contribution < -0.4 is 10.9 Å². The van der Waals surface area contributed by atoms with E-state index >= 15 is 0 Å². The Morgan fingerprint density at radius 2 is 1.75 bits per heavy atom. The van der Waals surface area contributed by atoms with Gasteiger partial charge in [-0.3, -0.25) is 25.8 Å². The second-order valence-electron chi connectivity index (χ2n) is 6.36. The smallest absolute Gasteiger partial charge is 0.270 e. The molecule has 0 atom stereocenters. The van der Waals surface area contributed by atoms with Crippen LogP contribution in [0.2, 0.25) is 0 Å². The number of nitrogens with one attached hydrogen (secondary N) is 2. The quantitative estimate of drug-likeness (QED) is 0.315. The van der Waals surface area contributed by atoms with Crippen molar-refractivity contribution in [3.05, 3.63) is 88.0 Å². The minimum Gasteiger partial charge on any atom is -0.297 e. The summed E-state index contributed by atoms with van der Waals surface area (Å²) in [7, 11) is 0. The van der Waals surface area contributed by atoms with Gasteiger partial charge in [0, 0.05) is 28.5 Å². The lowest BCUT2D eigenvalue weighted by Gasteiger charge is -2.15. The van der Waals surface area contributed by atoms with Gasteiger partial charge in [0.1, 0.15) is 0 Å². The predicted molar refractivity (Wildman–Crippen MR) is 108 cm³/mol. The summed E-state index contributed by atoms with van der Waals surface area (Å²) < 4.78 is 0. The fraction of sp³-hybridized carbons (Fsp3) is 0.0476. The van der Waals surface area contributed by atoms with Crippen LogP contribution in [0, 0.1) is 17.0 Å². The molecule has 0 unspecified atom stereocenters. The molecule has 1 aromatic heterocycles. The first-order valence-electron chi connectivity index (χ1n) is 8.63. The van der Waals surface area contributed by atoms with Gasteiger partial charge < -0.3 is 0 Å². The number of hydrogen-bond acceptors (Lipinski definition) is 5. The number of benzene rings is 3. The van der Waals surface area contributed by atoms with Gasteiger partial charge in [0.05, 0.1) is 21.6 Å². The minimum absolute atomic E-state index is 0.136. The van der Waals surface area contributed by atoms with Gasteiger partial charge in [-0.15, -0.1) is 0 Å². The number of fused-ring (bicyclic) bond motifs is 2. The van der Waals surface area contributed by atoms with E-state index in [0.29, 0.717) is 0 Å². The first-order valence-corrected chi connectivity index (χ1v) is 8.63. The van der Waals surface area contributed by atoms with Crippen molar-refractivity contribution in [1.82, 2.24) is 10.4 Å². The molecule has 3 aromatic carbocycles. The molecule has 0 bridgehead atoms. The molecule has 0 spiro atoms. The molecule has 138 valence electrons. The number of aryl methyl sites for hydroxylation is 1. The number of pyridine rings is 1. The highest BCUT2D eigenvalue weighted by atomic mass is 16.6. The molecule has 28 heavy (non-hydrogen) atoms. The van der Waals surface area contributed by atoms with E-state index in [1.807, 2.05) is 49.4 Å². The van der Waals surface area contributed by atoms with Crippen molar-refractivity contribution in [2.75, 3.05) is 5.43 Å². The summed E-state index contributed by atoms with van der Waals surface area (Å²) in [6, 6.07) is 19.1. The predicted octanol–water partition coefficient (Wildman–Crippen LogP) is 4.36. The number of nitrogens with zero attached hydrogens (tertiary/aromatic N) is 2. The van der Waals surface area contributed by atoms with Crippen molar-refractivity contribution in [2.45, 2.75) is 6.92 Å². The van der Waals surface area contributed by atoms with Crippen LogP contribution in [0.25, 0.3) is 21.8 Å². The van der Waals surface area contributed by atoms with Gasteiger partial charge in [0.15, 0.2) is 0 Å². The lowest BCUT2D eigenvalue weighted by atomic mass is 10.1. The maximum atomic E-state index is 12.5. The van der Waals surface area contributed by atoms with Crippen LogP contribution in [0.3, 0.4) is 0 Å². The van der Waals surface area contributed by atoms with E-state index in [-0.39, 0.29) is 11.3 Å². The third-order valence-corrected chi connectivity index (χ3v) is 4.53. The molecule has 7 heteroatoms. The summed E-state index contributed by atoms with van der Waals surface area (Å²) >= 11 is 0. The summed E-state index contributed by atoms with van der Waals surface area (Å²) in [5.41, 5.74) is 9.09. The second-order valence-corrected chi connectivity index (χ2v) is 6.36. The Morgan fingerprint density at radius 1 is 1.00 bits per heavy atom. The van der Waals surface area contributed by atoms with Crippen molar-refractivity contribution in [1.29, 1.82) is 0 Å². The lowest BCUT2D eigenvalue weighted by molar-refractivity contribution is -0.384. The summed E-state index contributed by atoms with van der Waals surface area (Å²) in [6.07, 6.45) is 0. The van der Waals surface area contributed by atoms with Crippen LogP contribution in [0.5, 0.6) is 0 Å². The number of amides is 1. The van der Waals surface area contributed by atoms with Gasteiger partial charge in [-0.1, -0.05) is 42.5 Å². The topological polar surface area (TPSA) is 97.2 Å². The summed E-state index contributed by atoms with van der Waals surface area (Å²) in [5, 5.41) is 12.7. The van der Waals surface area contributed by atoms with Gasteiger partial charge in [0.2, 0.25) is 0 Å². The molecule has 2 N–H and O–H groups in total. The molecule has 0 saturated heterocycles. The number of hydrogen-bond donors (Lipinski definition) is 2. The molecule has 0 saturated carbocycles. The SMILES string of the molecule is Cc1cccc2c(NNC(=O)c3cccc([N+](=O)[O-])c3)c3ccccc3nc12. The average molecular weight is 372 g/mol. The molecule has 4 rings (SSSR count). The van der Waals surface area contributed by atoms with Crippen LogP contribution in [-0.4, -0.2) is 15.8 Å². The highest BCUT2D eigenvalue weighted by Gasteiger charge is 2.14. The van der Waals surface area contributed by atoms with Crippen molar-refractivity contribution < 1.29 is 9.72 Å². The Labute approximate surface area is 160 Å². The summed E-state index contributed by atoms with van der Waals surface area (Å²) in [5.74, 6) is -0.467. The summed E-state index contributed by atoms with van der Waals surface area (Å²) in [6.45, 7) is 1.98. The number of hydrazine groups is 1. The van der Waals surface area contributed by atoms with Crippen LogP contribution in [0.15, 0.2) is 66.7 Å². The highest BCUT2D eigenvalue weighted by molar-refractivity contribution is 6.09. The van der Waals surface area contributed by atoms with Crippen molar-refractivity contribution in [3.63, 3.8) is 0 Å². The third kappa shape index (κ3) is 3.09. The van der Waals surface area contributed by atoms with E-state index in [4.69, 9.17) is 4.98 Å². The molecule has 0 aliphatic rings. The number of rotatable bonds is 4. The number of anilines is 1. The molecular weight excluding hydrogens is 356 g/mol. The zero-order valence-electron chi connectivity index (χ0n) is 15.0. The van der Waals surface area contributed by atoms with Gasteiger partial charge in [0.25, 0.3) is 11.6 Å². The average Bonchev–Trinajstić information content (AvgIpc) is 2.71. The van der Waals surface area contributed by atoms with Crippen LogP contribution in [0.4, 0.5) is 11.4 Å². The second kappa shape index (κ2) is 6.96. The number of para-hydroxylation sites is 2. The number of aromatic nitrogens is 1. The van der Waals surface area contributed by atoms with Crippen molar-refractivity contribution in [3.8, 4) is 0 Å². The Balaban J connectivity index is 1.73. The molecule has 1 heterocycles. The molecule has 0 aliphatic carbocycles. The van der Waals surface area contributed by atoms with Crippen LogP contribution >= 0.6 is 0 Å². The Bertz CT molecular complexity index is 1240. The first kappa shape index (κ1) is 17.4.